The Morgan fingerprint density at radius 2 is 1.68 bits per heavy atom. The molecule has 0 aromatic heterocycles. The van der Waals surface area contributed by atoms with E-state index in [1.165, 1.54) is 6.07 Å². The van der Waals surface area contributed by atoms with E-state index in [-0.39, 0.29) is 17.0 Å². The van der Waals surface area contributed by atoms with Crippen molar-refractivity contribution >= 4 is 39.1 Å². The van der Waals surface area contributed by atoms with Crippen LogP contribution in [0.2, 0.25) is 0 Å². The minimum Gasteiger partial charge on any atom is -0.507 e. The maximum atomic E-state index is 13.9. The molecule has 0 bridgehead atoms. The molecule has 0 saturated carbocycles. The van der Waals surface area contributed by atoms with E-state index in [0.717, 1.165) is 27.1 Å². The minimum atomic E-state index is -1.14. The third-order valence-electron chi connectivity index (χ3n) is 5.10. The predicted molar refractivity (Wildman–Crippen MR) is 116 cm³/mol. The van der Waals surface area contributed by atoms with Gasteiger partial charge in [0.05, 0.1) is 11.6 Å². The van der Waals surface area contributed by atoms with Gasteiger partial charge in [0.15, 0.2) is 11.6 Å². The van der Waals surface area contributed by atoms with Crippen LogP contribution < -0.4 is 4.90 Å². The fraction of sp³-hybridized carbons (Fsp3) is 0.0833. The number of benzene rings is 3. The Labute approximate surface area is 185 Å². The van der Waals surface area contributed by atoms with Crippen LogP contribution in [-0.4, -0.2) is 16.8 Å². The summed E-state index contributed by atoms with van der Waals surface area (Å²) in [4.78, 5) is 27.1. The molecule has 4 nitrogen and oxygen atoms in total. The Morgan fingerprint density at radius 1 is 0.968 bits per heavy atom. The van der Waals surface area contributed by atoms with Crippen molar-refractivity contribution in [1.29, 1.82) is 0 Å². The molecule has 3 aromatic rings. The fourth-order valence-corrected chi connectivity index (χ4v) is 3.92. The summed E-state index contributed by atoms with van der Waals surface area (Å²) in [6, 6.07) is 15.7. The monoisotopic (exact) mass is 483 g/mol. The number of carbonyl (C=O) groups is 2. The first-order valence-electron chi connectivity index (χ1n) is 9.36. The zero-order chi connectivity index (χ0) is 22.3. The number of hydrogen-bond acceptors (Lipinski definition) is 3. The molecule has 1 fully saturated rings. The summed E-state index contributed by atoms with van der Waals surface area (Å²) in [6.45, 7) is 1.85. The van der Waals surface area contributed by atoms with E-state index in [2.05, 4.69) is 15.9 Å². The van der Waals surface area contributed by atoms with E-state index in [1.807, 2.05) is 13.0 Å². The third-order valence-corrected chi connectivity index (χ3v) is 5.63. The predicted octanol–water partition coefficient (Wildman–Crippen LogP) is 5.66. The topological polar surface area (TPSA) is 57.6 Å². The van der Waals surface area contributed by atoms with Crippen LogP contribution in [0.15, 0.2) is 76.8 Å². The van der Waals surface area contributed by atoms with Crippen LogP contribution in [0.4, 0.5) is 14.5 Å². The molecule has 3 aromatic carbocycles. The van der Waals surface area contributed by atoms with E-state index < -0.39 is 29.4 Å². The molecular weight excluding hydrogens is 468 g/mol. The van der Waals surface area contributed by atoms with Crippen molar-refractivity contribution < 1.29 is 23.5 Å². The molecule has 156 valence electrons. The summed E-state index contributed by atoms with van der Waals surface area (Å²) in [6.07, 6.45) is 0. The van der Waals surface area contributed by atoms with Crippen LogP contribution in [0.3, 0.4) is 0 Å². The van der Waals surface area contributed by atoms with Crippen LogP contribution in [0.5, 0.6) is 0 Å². The molecule has 1 atom stereocenters. The lowest BCUT2D eigenvalue weighted by atomic mass is 9.94. The van der Waals surface area contributed by atoms with Gasteiger partial charge < -0.3 is 5.11 Å². The number of nitrogens with zero attached hydrogens (tertiary/aromatic N) is 1. The Hall–Kier alpha value is -3.32. The lowest BCUT2D eigenvalue weighted by Crippen LogP contribution is -2.29. The number of carbonyl (C=O) groups excluding carboxylic acids is 2. The standard InChI is InChI=1S/C24H16BrF2NO3/c1-13-3-2-4-15(11-13)21-20(22(29)14-5-7-16(25)8-6-14)23(30)24(31)28(21)17-9-10-18(26)19(27)12-17/h2-12,21,29H,1H3/b22-20+. The van der Waals surface area contributed by atoms with Gasteiger partial charge >= 0.3 is 0 Å². The lowest BCUT2D eigenvalue weighted by Gasteiger charge is -2.25. The van der Waals surface area contributed by atoms with E-state index in [1.54, 1.807) is 42.5 Å². The minimum absolute atomic E-state index is 0.0161. The number of aliphatic hydroxyl groups excluding tert-OH is 1. The van der Waals surface area contributed by atoms with Crippen LogP contribution in [0, 0.1) is 18.6 Å². The van der Waals surface area contributed by atoms with Crippen molar-refractivity contribution in [2.75, 3.05) is 4.90 Å². The molecule has 1 aliphatic rings. The van der Waals surface area contributed by atoms with Gasteiger partial charge in [-0.25, -0.2) is 8.78 Å². The zero-order valence-corrected chi connectivity index (χ0v) is 17.9. The molecule has 4 rings (SSSR count). The molecule has 1 aliphatic heterocycles. The van der Waals surface area contributed by atoms with E-state index in [0.29, 0.717) is 11.1 Å². The number of aliphatic hydroxyl groups is 1. The molecule has 0 radical (unpaired) electrons. The van der Waals surface area contributed by atoms with Gasteiger partial charge in [0.25, 0.3) is 11.7 Å². The van der Waals surface area contributed by atoms with Crippen LogP contribution in [-0.2, 0) is 9.59 Å². The second-order valence-electron chi connectivity index (χ2n) is 7.19. The first-order chi connectivity index (χ1) is 14.8. The largest absolute Gasteiger partial charge is 0.507 e. The van der Waals surface area contributed by atoms with Crippen molar-refractivity contribution in [3.8, 4) is 0 Å². The number of rotatable bonds is 3. The first-order valence-corrected chi connectivity index (χ1v) is 10.2. The van der Waals surface area contributed by atoms with Crippen molar-refractivity contribution in [1.82, 2.24) is 0 Å². The average Bonchev–Trinajstić information content (AvgIpc) is 3.01. The second kappa shape index (κ2) is 8.07. The summed E-state index contributed by atoms with van der Waals surface area (Å²) in [5.74, 6) is -4.40. The molecule has 0 aliphatic carbocycles. The highest BCUT2D eigenvalue weighted by Gasteiger charge is 2.47. The van der Waals surface area contributed by atoms with E-state index in [4.69, 9.17) is 0 Å². The number of hydrogen-bond donors (Lipinski definition) is 1. The highest BCUT2D eigenvalue weighted by molar-refractivity contribution is 9.10. The number of Topliss-reactive ketones (excluding diaryl/α,β-unsaturated/α-hetero) is 1. The molecule has 1 unspecified atom stereocenters. The van der Waals surface area contributed by atoms with Gasteiger partial charge in [0, 0.05) is 21.8 Å². The van der Waals surface area contributed by atoms with Gasteiger partial charge in [-0.05, 0) is 36.8 Å². The average molecular weight is 484 g/mol. The SMILES string of the molecule is Cc1cccc(C2/C(=C(\O)c3ccc(Br)cc3)C(=O)C(=O)N2c2ccc(F)c(F)c2)c1. The van der Waals surface area contributed by atoms with Crippen molar-refractivity contribution in [3.63, 3.8) is 0 Å². The Balaban J connectivity index is 1.96. The fourth-order valence-electron chi connectivity index (χ4n) is 3.65. The van der Waals surface area contributed by atoms with E-state index in [9.17, 15) is 23.5 Å². The van der Waals surface area contributed by atoms with Crippen LogP contribution >= 0.6 is 15.9 Å². The molecule has 1 amide bonds. The Morgan fingerprint density at radius 3 is 2.32 bits per heavy atom. The molecule has 31 heavy (non-hydrogen) atoms. The highest BCUT2D eigenvalue weighted by Crippen LogP contribution is 2.42. The number of aryl methyl sites for hydroxylation is 1. The molecule has 1 heterocycles. The van der Waals surface area contributed by atoms with Gasteiger partial charge in [0.2, 0.25) is 0 Å². The normalized spacial score (nSPS) is 17.9. The van der Waals surface area contributed by atoms with Gasteiger partial charge in [0.1, 0.15) is 5.76 Å². The van der Waals surface area contributed by atoms with Crippen molar-refractivity contribution in [2.24, 2.45) is 0 Å². The molecule has 7 heteroatoms. The maximum Gasteiger partial charge on any atom is 0.300 e. The zero-order valence-electron chi connectivity index (χ0n) is 16.3. The van der Waals surface area contributed by atoms with Crippen LogP contribution in [0.25, 0.3) is 5.76 Å². The van der Waals surface area contributed by atoms with Gasteiger partial charge in [-0.3, -0.25) is 14.5 Å². The molecule has 1 saturated heterocycles. The van der Waals surface area contributed by atoms with Crippen molar-refractivity contribution in [3.05, 3.63) is 105 Å². The highest BCUT2D eigenvalue weighted by atomic mass is 79.9. The number of anilines is 1. The van der Waals surface area contributed by atoms with Gasteiger partial charge in [-0.2, -0.15) is 0 Å². The number of halogens is 3. The molecule has 1 N–H and O–H groups in total. The second-order valence-corrected chi connectivity index (χ2v) is 8.10. The van der Waals surface area contributed by atoms with Crippen molar-refractivity contribution in [2.45, 2.75) is 13.0 Å². The van der Waals surface area contributed by atoms with Crippen LogP contribution in [0.1, 0.15) is 22.7 Å². The maximum absolute atomic E-state index is 13.9. The quantitative estimate of drug-likeness (QED) is 0.297. The summed E-state index contributed by atoms with van der Waals surface area (Å²) in [5.41, 5.74) is 1.67. The van der Waals surface area contributed by atoms with E-state index >= 15 is 0 Å². The number of ketones is 1. The summed E-state index contributed by atoms with van der Waals surface area (Å²) < 4.78 is 28.2. The lowest BCUT2D eigenvalue weighted by molar-refractivity contribution is -0.132. The Kier molecular flexibility index (Phi) is 5.45. The molecular formula is C24H16BrF2NO3. The van der Waals surface area contributed by atoms with Gasteiger partial charge in [-0.15, -0.1) is 0 Å². The summed E-state index contributed by atoms with van der Waals surface area (Å²) in [7, 11) is 0. The third kappa shape index (κ3) is 3.77. The van der Waals surface area contributed by atoms with Gasteiger partial charge in [-0.1, -0.05) is 57.9 Å². The summed E-state index contributed by atoms with van der Waals surface area (Å²) >= 11 is 3.32. The first kappa shape index (κ1) is 20.9. The number of amides is 1. The smallest absolute Gasteiger partial charge is 0.300 e. The Bertz CT molecular complexity index is 1240. The summed E-state index contributed by atoms with van der Waals surface area (Å²) in [5, 5.41) is 11.0. The molecule has 0 spiro atoms.